The number of benzene rings is 1. The first-order valence-corrected chi connectivity index (χ1v) is 6.99. The highest BCUT2D eigenvalue weighted by molar-refractivity contribution is 7.99. The van der Waals surface area contributed by atoms with Crippen molar-refractivity contribution in [3.05, 3.63) is 51.9 Å². The first-order chi connectivity index (χ1) is 9.63. The van der Waals surface area contributed by atoms with E-state index < -0.39 is 0 Å². The van der Waals surface area contributed by atoms with E-state index in [1.54, 1.807) is 0 Å². The van der Waals surface area contributed by atoms with E-state index >= 15 is 0 Å². The van der Waals surface area contributed by atoms with Crippen LogP contribution in [0.5, 0.6) is 0 Å². The van der Waals surface area contributed by atoms with Gasteiger partial charge in [-0.25, -0.2) is 0 Å². The Hall–Kier alpha value is -2.15. The van der Waals surface area contributed by atoms with E-state index in [-0.39, 0.29) is 17.2 Å². The summed E-state index contributed by atoms with van der Waals surface area (Å²) in [7, 11) is 0. The van der Waals surface area contributed by atoms with Crippen molar-refractivity contribution in [3.63, 3.8) is 0 Å². The molecule has 2 N–H and O–H groups in total. The second-order valence-corrected chi connectivity index (χ2v) is 5.15. The molecule has 0 unspecified atom stereocenters. The number of rotatable bonds is 5. The summed E-state index contributed by atoms with van der Waals surface area (Å²) in [6.45, 7) is 2.50. The zero-order chi connectivity index (χ0) is 14.4. The molecule has 20 heavy (non-hydrogen) atoms. The number of nitrogens with zero attached hydrogens (tertiary/aromatic N) is 2. The predicted molar refractivity (Wildman–Crippen MR) is 76.4 cm³/mol. The zero-order valence-corrected chi connectivity index (χ0v) is 11.7. The Morgan fingerprint density at radius 1 is 1.35 bits per heavy atom. The molecule has 1 aromatic heterocycles. The van der Waals surface area contributed by atoms with Crippen molar-refractivity contribution in [2.75, 3.05) is 5.75 Å². The van der Waals surface area contributed by atoms with Crippen LogP contribution in [0, 0.1) is 6.92 Å². The van der Waals surface area contributed by atoms with E-state index in [4.69, 9.17) is 0 Å². The molecule has 2 rings (SSSR count). The Balaban J connectivity index is 1.78. The SMILES string of the molecule is Cc1ccc(CNC(=O)CSc2nncc(=O)[nH]2)cc1. The van der Waals surface area contributed by atoms with Crippen molar-refractivity contribution in [3.8, 4) is 0 Å². The average molecular weight is 290 g/mol. The van der Waals surface area contributed by atoms with Crippen LogP contribution in [-0.2, 0) is 11.3 Å². The number of amides is 1. The summed E-state index contributed by atoms with van der Waals surface area (Å²) in [6, 6.07) is 7.95. The Morgan fingerprint density at radius 2 is 2.10 bits per heavy atom. The number of thioether (sulfide) groups is 1. The maximum absolute atomic E-state index is 11.7. The molecule has 1 heterocycles. The summed E-state index contributed by atoms with van der Waals surface area (Å²) in [5.74, 6) is 0.0580. The molecule has 0 saturated carbocycles. The largest absolute Gasteiger partial charge is 0.351 e. The van der Waals surface area contributed by atoms with Crippen molar-refractivity contribution in [1.82, 2.24) is 20.5 Å². The molecule has 1 amide bonds. The van der Waals surface area contributed by atoms with Crippen LogP contribution in [0.3, 0.4) is 0 Å². The van der Waals surface area contributed by atoms with Gasteiger partial charge in [-0.15, -0.1) is 5.10 Å². The number of hydrogen-bond donors (Lipinski definition) is 2. The van der Waals surface area contributed by atoms with Gasteiger partial charge >= 0.3 is 0 Å². The number of carbonyl (C=O) groups is 1. The van der Waals surface area contributed by atoms with Crippen molar-refractivity contribution >= 4 is 17.7 Å². The molecule has 0 aliphatic carbocycles. The van der Waals surface area contributed by atoms with Gasteiger partial charge in [-0.1, -0.05) is 41.6 Å². The van der Waals surface area contributed by atoms with Crippen molar-refractivity contribution < 1.29 is 4.79 Å². The number of H-pyrrole nitrogens is 1. The van der Waals surface area contributed by atoms with Crippen molar-refractivity contribution in [2.24, 2.45) is 0 Å². The average Bonchev–Trinajstić information content (AvgIpc) is 2.45. The number of aromatic amines is 1. The summed E-state index contributed by atoms with van der Waals surface area (Å²) in [5, 5.41) is 10.4. The van der Waals surface area contributed by atoms with Gasteiger partial charge in [0.2, 0.25) is 5.91 Å². The van der Waals surface area contributed by atoms with Crippen LogP contribution in [0.25, 0.3) is 0 Å². The Bertz CT molecular complexity index is 639. The highest BCUT2D eigenvalue weighted by atomic mass is 32.2. The Morgan fingerprint density at radius 3 is 2.80 bits per heavy atom. The van der Waals surface area contributed by atoms with Crippen LogP contribution in [0.15, 0.2) is 40.4 Å². The van der Waals surface area contributed by atoms with E-state index in [0.717, 1.165) is 23.5 Å². The Kier molecular flexibility index (Phi) is 4.89. The minimum atomic E-state index is -0.331. The molecule has 0 spiro atoms. The van der Waals surface area contributed by atoms with Gasteiger partial charge in [-0.3, -0.25) is 14.6 Å². The molecule has 2 aromatic rings. The van der Waals surface area contributed by atoms with Gasteiger partial charge in [0.25, 0.3) is 5.56 Å². The van der Waals surface area contributed by atoms with Crippen LogP contribution in [-0.4, -0.2) is 26.8 Å². The third kappa shape index (κ3) is 4.51. The third-order valence-electron chi connectivity index (χ3n) is 2.50. The topological polar surface area (TPSA) is 87.7 Å². The first kappa shape index (κ1) is 14.3. The fourth-order valence-electron chi connectivity index (χ4n) is 1.45. The molecular formula is C13H14N4O2S. The number of hydrogen-bond acceptors (Lipinski definition) is 5. The van der Waals surface area contributed by atoms with E-state index in [1.807, 2.05) is 31.2 Å². The fraction of sp³-hybridized carbons (Fsp3) is 0.231. The molecule has 6 nitrogen and oxygen atoms in total. The monoisotopic (exact) mass is 290 g/mol. The van der Waals surface area contributed by atoms with Crippen LogP contribution >= 0.6 is 11.8 Å². The Labute approximate surface area is 120 Å². The van der Waals surface area contributed by atoms with Crippen molar-refractivity contribution in [2.45, 2.75) is 18.6 Å². The van der Waals surface area contributed by atoms with Crippen LogP contribution in [0.1, 0.15) is 11.1 Å². The molecule has 7 heteroatoms. The van der Waals surface area contributed by atoms with Crippen LogP contribution < -0.4 is 10.9 Å². The first-order valence-electron chi connectivity index (χ1n) is 6.00. The van der Waals surface area contributed by atoms with Crippen LogP contribution in [0.2, 0.25) is 0 Å². The molecule has 1 aromatic carbocycles. The highest BCUT2D eigenvalue weighted by Gasteiger charge is 2.04. The molecule has 0 aliphatic heterocycles. The molecule has 0 bridgehead atoms. The lowest BCUT2D eigenvalue weighted by Gasteiger charge is -2.05. The summed E-state index contributed by atoms with van der Waals surface area (Å²) < 4.78 is 0. The lowest BCUT2D eigenvalue weighted by Crippen LogP contribution is -2.24. The summed E-state index contributed by atoms with van der Waals surface area (Å²) in [6.07, 6.45) is 1.08. The predicted octanol–water partition coefficient (Wildman–Crippen LogP) is 0.882. The number of nitrogens with one attached hydrogen (secondary N) is 2. The van der Waals surface area contributed by atoms with Crippen molar-refractivity contribution in [1.29, 1.82) is 0 Å². The molecule has 104 valence electrons. The van der Waals surface area contributed by atoms with Gasteiger partial charge in [-0.2, -0.15) is 5.10 Å². The second-order valence-electron chi connectivity index (χ2n) is 4.19. The normalized spacial score (nSPS) is 10.2. The van der Waals surface area contributed by atoms with E-state index in [1.165, 1.54) is 5.56 Å². The minimum Gasteiger partial charge on any atom is -0.351 e. The highest BCUT2D eigenvalue weighted by Crippen LogP contribution is 2.08. The quantitative estimate of drug-likeness (QED) is 0.798. The number of aryl methyl sites for hydroxylation is 1. The molecule has 0 atom stereocenters. The van der Waals surface area contributed by atoms with Gasteiger partial charge < -0.3 is 5.32 Å². The van der Waals surface area contributed by atoms with E-state index in [9.17, 15) is 9.59 Å². The summed E-state index contributed by atoms with van der Waals surface area (Å²) >= 11 is 1.14. The minimum absolute atomic E-state index is 0.123. The van der Waals surface area contributed by atoms with Gasteiger partial charge in [0.1, 0.15) is 6.20 Å². The maximum atomic E-state index is 11.7. The standard InChI is InChI=1S/C13H14N4O2S/c1-9-2-4-10(5-3-9)6-14-12(19)8-20-13-16-11(18)7-15-17-13/h2-5,7H,6,8H2,1H3,(H,14,19)(H,16,17,18). The second kappa shape index (κ2) is 6.85. The summed E-state index contributed by atoms with van der Waals surface area (Å²) in [5.41, 5.74) is 1.90. The van der Waals surface area contributed by atoms with Gasteiger partial charge in [0, 0.05) is 6.54 Å². The smallest absolute Gasteiger partial charge is 0.270 e. The molecule has 0 fully saturated rings. The summed E-state index contributed by atoms with van der Waals surface area (Å²) in [4.78, 5) is 25.2. The van der Waals surface area contributed by atoms with E-state index in [2.05, 4.69) is 20.5 Å². The molecular weight excluding hydrogens is 276 g/mol. The molecule has 0 saturated heterocycles. The molecule has 0 aliphatic rings. The van der Waals surface area contributed by atoms with Gasteiger partial charge in [0.05, 0.1) is 5.75 Å². The zero-order valence-electron chi connectivity index (χ0n) is 10.9. The van der Waals surface area contributed by atoms with Gasteiger partial charge in [-0.05, 0) is 12.5 Å². The fourth-order valence-corrected chi connectivity index (χ4v) is 2.10. The van der Waals surface area contributed by atoms with E-state index in [0.29, 0.717) is 11.7 Å². The van der Waals surface area contributed by atoms with Crippen LogP contribution in [0.4, 0.5) is 0 Å². The molecule has 0 radical (unpaired) electrons. The lowest BCUT2D eigenvalue weighted by molar-refractivity contribution is -0.118. The lowest BCUT2D eigenvalue weighted by atomic mass is 10.1. The number of aromatic nitrogens is 3. The van der Waals surface area contributed by atoms with Gasteiger partial charge in [0.15, 0.2) is 5.16 Å². The third-order valence-corrected chi connectivity index (χ3v) is 3.37. The number of carbonyl (C=O) groups excluding carboxylic acids is 1. The maximum Gasteiger partial charge on any atom is 0.270 e.